The summed E-state index contributed by atoms with van der Waals surface area (Å²) in [5, 5.41) is 0. The lowest BCUT2D eigenvalue weighted by atomic mass is 9.95. The predicted octanol–water partition coefficient (Wildman–Crippen LogP) is 1.72. The number of benzene rings is 1. The molecular weight excluding hydrogens is 294 g/mol. The molecule has 5 heteroatoms. The van der Waals surface area contributed by atoms with Gasteiger partial charge in [0.05, 0.1) is 5.56 Å². The fraction of sp³-hybridized carbons (Fsp3) is 0.462. The van der Waals surface area contributed by atoms with Crippen molar-refractivity contribution in [2.75, 3.05) is 18.0 Å². The molecule has 1 aromatic carbocycles. The van der Waals surface area contributed by atoms with Crippen LogP contribution >= 0.6 is 15.9 Å². The smallest absolute Gasteiger partial charge is 0.250 e. The summed E-state index contributed by atoms with van der Waals surface area (Å²) in [5.41, 5.74) is 12.9. The van der Waals surface area contributed by atoms with E-state index in [4.69, 9.17) is 11.5 Å². The highest BCUT2D eigenvalue weighted by molar-refractivity contribution is 9.10. The Balaban J connectivity index is 2.35. The Labute approximate surface area is 115 Å². The molecule has 2 rings (SSSR count). The number of nitrogens with two attached hydrogens (primary N) is 2. The van der Waals surface area contributed by atoms with Gasteiger partial charge in [-0.05, 0) is 30.5 Å². The van der Waals surface area contributed by atoms with Crippen LogP contribution in [0.5, 0.6) is 0 Å². The van der Waals surface area contributed by atoms with E-state index in [2.05, 4.69) is 27.8 Å². The van der Waals surface area contributed by atoms with Crippen molar-refractivity contribution in [3.63, 3.8) is 0 Å². The Hall–Kier alpha value is -1.07. The normalized spacial score (nSPS) is 24.1. The molecule has 1 aliphatic rings. The van der Waals surface area contributed by atoms with Gasteiger partial charge < -0.3 is 16.4 Å². The third-order valence-electron chi connectivity index (χ3n) is 3.26. The molecule has 1 fully saturated rings. The number of piperidine rings is 1. The summed E-state index contributed by atoms with van der Waals surface area (Å²) in [7, 11) is 0. The van der Waals surface area contributed by atoms with Gasteiger partial charge in [0.15, 0.2) is 0 Å². The number of anilines is 1. The van der Waals surface area contributed by atoms with Crippen LogP contribution < -0.4 is 16.4 Å². The van der Waals surface area contributed by atoms with E-state index in [1.807, 2.05) is 12.1 Å². The molecule has 1 aromatic rings. The average molecular weight is 312 g/mol. The molecule has 1 amide bonds. The fourth-order valence-electron chi connectivity index (χ4n) is 2.58. The third-order valence-corrected chi connectivity index (χ3v) is 3.75. The maximum Gasteiger partial charge on any atom is 0.250 e. The van der Waals surface area contributed by atoms with Crippen LogP contribution in [0.4, 0.5) is 5.69 Å². The van der Waals surface area contributed by atoms with E-state index in [0.29, 0.717) is 11.5 Å². The summed E-state index contributed by atoms with van der Waals surface area (Å²) in [6.07, 6.45) is 1.03. The average Bonchev–Trinajstić information content (AvgIpc) is 2.27. The van der Waals surface area contributed by atoms with Crippen molar-refractivity contribution in [2.24, 2.45) is 17.4 Å². The Kier molecular flexibility index (Phi) is 3.92. The number of nitrogens with zero attached hydrogens (tertiary/aromatic N) is 1. The molecule has 0 bridgehead atoms. The molecule has 0 aliphatic carbocycles. The molecule has 0 spiro atoms. The molecule has 4 nitrogen and oxygen atoms in total. The predicted molar refractivity (Wildman–Crippen MR) is 76.6 cm³/mol. The molecular formula is C13H18BrN3O. The Morgan fingerprint density at radius 2 is 2.17 bits per heavy atom. The van der Waals surface area contributed by atoms with E-state index in [1.165, 1.54) is 0 Å². The van der Waals surface area contributed by atoms with Gasteiger partial charge in [-0.1, -0.05) is 22.9 Å². The lowest BCUT2D eigenvalue weighted by Gasteiger charge is -2.37. The van der Waals surface area contributed by atoms with E-state index in [1.54, 1.807) is 6.07 Å². The molecule has 2 unspecified atom stereocenters. The van der Waals surface area contributed by atoms with E-state index in [-0.39, 0.29) is 6.04 Å². The molecule has 0 radical (unpaired) electrons. The SMILES string of the molecule is CC1CC(N)CN(c2ccc(Br)cc2C(N)=O)C1. The first-order valence-corrected chi connectivity index (χ1v) is 6.86. The highest BCUT2D eigenvalue weighted by Crippen LogP contribution is 2.28. The molecule has 2 atom stereocenters. The zero-order valence-electron chi connectivity index (χ0n) is 10.4. The molecule has 1 heterocycles. The monoisotopic (exact) mass is 311 g/mol. The summed E-state index contributed by atoms with van der Waals surface area (Å²) in [4.78, 5) is 13.7. The quantitative estimate of drug-likeness (QED) is 0.873. The minimum Gasteiger partial charge on any atom is -0.369 e. The highest BCUT2D eigenvalue weighted by atomic mass is 79.9. The van der Waals surface area contributed by atoms with Crippen molar-refractivity contribution in [3.05, 3.63) is 28.2 Å². The molecule has 4 N–H and O–H groups in total. The van der Waals surface area contributed by atoms with Gasteiger partial charge in [0, 0.05) is 29.3 Å². The minimum atomic E-state index is -0.405. The van der Waals surface area contributed by atoms with Crippen LogP contribution in [-0.2, 0) is 0 Å². The zero-order valence-corrected chi connectivity index (χ0v) is 12.0. The second-order valence-corrected chi connectivity index (χ2v) is 5.95. The van der Waals surface area contributed by atoms with Gasteiger partial charge in [-0.15, -0.1) is 0 Å². The summed E-state index contributed by atoms with van der Waals surface area (Å²) in [5.74, 6) is 0.122. The summed E-state index contributed by atoms with van der Waals surface area (Å²) < 4.78 is 0.856. The number of hydrogen-bond donors (Lipinski definition) is 2. The highest BCUT2D eigenvalue weighted by Gasteiger charge is 2.24. The van der Waals surface area contributed by atoms with Crippen molar-refractivity contribution in [1.29, 1.82) is 0 Å². The lowest BCUT2D eigenvalue weighted by molar-refractivity contribution is 0.100. The van der Waals surface area contributed by atoms with E-state index in [9.17, 15) is 4.79 Å². The van der Waals surface area contributed by atoms with Crippen LogP contribution in [0.1, 0.15) is 23.7 Å². The summed E-state index contributed by atoms with van der Waals surface area (Å²) >= 11 is 3.36. The maximum absolute atomic E-state index is 11.5. The fourth-order valence-corrected chi connectivity index (χ4v) is 2.94. The molecule has 0 saturated carbocycles. The first-order valence-electron chi connectivity index (χ1n) is 6.07. The van der Waals surface area contributed by atoms with Crippen molar-refractivity contribution in [3.8, 4) is 0 Å². The number of rotatable bonds is 2. The number of hydrogen-bond acceptors (Lipinski definition) is 3. The molecule has 18 heavy (non-hydrogen) atoms. The Bertz CT molecular complexity index is 454. The van der Waals surface area contributed by atoms with E-state index in [0.717, 1.165) is 29.7 Å². The molecule has 0 aromatic heterocycles. The number of amides is 1. The zero-order chi connectivity index (χ0) is 13.3. The topological polar surface area (TPSA) is 72.3 Å². The van der Waals surface area contributed by atoms with Crippen LogP contribution in [0.3, 0.4) is 0 Å². The van der Waals surface area contributed by atoms with Crippen LogP contribution in [0.15, 0.2) is 22.7 Å². The van der Waals surface area contributed by atoms with Gasteiger partial charge >= 0.3 is 0 Å². The second kappa shape index (κ2) is 5.28. The van der Waals surface area contributed by atoms with Gasteiger partial charge in [-0.2, -0.15) is 0 Å². The summed E-state index contributed by atoms with van der Waals surface area (Å²) in [6, 6.07) is 5.77. The first kappa shape index (κ1) is 13.4. The van der Waals surface area contributed by atoms with Gasteiger partial charge in [0.1, 0.15) is 0 Å². The van der Waals surface area contributed by atoms with Crippen LogP contribution in [-0.4, -0.2) is 25.0 Å². The molecule has 1 saturated heterocycles. The lowest BCUT2D eigenvalue weighted by Crippen LogP contribution is -2.47. The van der Waals surface area contributed by atoms with E-state index < -0.39 is 5.91 Å². The maximum atomic E-state index is 11.5. The van der Waals surface area contributed by atoms with Crippen molar-refractivity contribution in [2.45, 2.75) is 19.4 Å². The van der Waals surface area contributed by atoms with Crippen LogP contribution in [0.25, 0.3) is 0 Å². The minimum absolute atomic E-state index is 0.151. The first-order chi connectivity index (χ1) is 8.47. The summed E-state index contributed by atoms with van der Waals surface area (Å²) in [6.45, 7) is 3.86. The van der Waals surface area contributed by atoms with Crippen LogP contribution in [0, 0.1) is 5.92 Å². The van der Waals surface area contributed by atoms with Gasteiger partial charge in [-0.25, -0.2) is 0 Å². The third kappa shape index (κ3) is 2.84. The number of carbonyl (C=O) groups excluding carboxylic acids is 1. The van der Waals surface area contributed by atoms with Crippen molar-refractivity contribution >= 4 is 27.5 Å². The molecule has 1 aliphatic heterocycles. The standard InChI is InChI=1S/C13H18BrN3O/c1-8-4-10(15)7-17(6-8)12-3-2-9(14)5-11(12)13(16)18/h2-3,5,8,10H,4,6-7,15H2,1H3,(H2,16,18). The number of halogens is 1. The van der Waals surface area contributed by atoms with Gasteiger partial charge in [0.25, 0.3) is 5.91 Å². The van der Waals surface area contributed by atoms with E-state index >= 15 is 0 Å². The van der Waals surface area contributed by atoms with Crippen molar-refractivity contribution < 1.29 is 4.79 Å². The number of carbonyl (C=O) groups is 1. The largest absolute Gasteiger partial charge is 0.369 e. The Morgan fingerprint density at radius 1 is 1.44 bits per heavy atom. The Morgan fingerprint density at radius 3 is 2.78 bits per heavy atom. The van der Waals surface area contributed by atoms with Crippen LogP contribution in [0.2, 0.25) is 0 Å². The van der Waals surface area contributed by atoms with Gasteiger partial charge in [-0.3, -0.25) is 4.79 Å². The molecule has 98 valence electrons. The van der Waals surface area contributed by atoms with Crippen molar-refractivity contribution in [1.82, 2.24) is 0 Å². The van der Waals surface area contributed by atoms with Gasteiger partial charge in [0.2, 0.25) is 0 Å². The number of primary amides is 1. The second-order valence-electron chi connectivity index (χ2n) is 5.03.